The number of para-hydroxylation sites is 4. The van der Waals surface area contributed by atoms with Gasteiger partial charge in [-0.1, -0.05) is 303 Å². The van der Waals surface area contributed by atoms with Crippen LogP contribution in [-0.4, -0.2) is 0 Å². The molecule has 0 spiro atoms. The van der Waals surface area contributed by atoms with Crippen LogP contribution in [0.4, 0.5) is 34.1 Å². The minimum Gasteiger partial charge on any atom is -0.454 e. The lowest BCUT2D eigenvalue weighted by atomic mass is 9.85. The normalized spacial score (nSPS) is 12.6. The Labute approximate surface area is 655 Å². The number of hydrogen-bond donors (Lipinski definition) is 0. The number of furan rings is 2. The summed E-state index contributed by atoms with van der Waals surface area (Å²) < 4.78 is 14.5. The third-order valence-corrected chi connectivity index (χ3v) is 25.1. The fourth-order valence-corrected chi connectivity index (χ4v) is 20.3. The molecule has 0 saturated heterocycles. The zero-order chi connectivity index (χ0) is 74.4. The van der Waals surface area contributed by atoms with Gasteiger partial charge in [0, 0.05) is 43.6 Å². The Hall–Kier alpha value is -14.8. The molecule has 4 heteroatoms. The zero-order valence-corrected chi connectivity index (χ0v) is 61.9. The highest BCUT2D eigenvalue weighted by molar-refractivity contribution is 6.45. The van der Waals surface area contributed by atoms with E-state index in [0.29, 0.717) is 0 Å². The fraction of sp³-hybridized carbons (Fsp3) is 0.0182. The monoisotopic (exact) mass is 1450 g/mol. The molecule has 25 rings (SSSR count). The average molecular weight is 1450 g/mol. The van der Waals surface area contributed by atoms with E-state index in [1.807, 2.05) is 0 Å². The number of aryl methyl sites for hydroxylation is 1. The van der Waals surface area contributed by atoms with Crippen molar-refractivity contribution in [1.82, 2.24) is 0 Å². The van der Waals surface area contributed by atoms with Gasteiger partial charge in [-0.2, -0.15) is 0 Å². The highest BCUT2D eigenvalue weighted by Crippen LogP contribution is 2.58. The van der Waals surface area contributed by atoms with Gasteiger partial charge in [0.05, 0.1) is 34.1 Å². The highest BCUT2D eigenvalue weighted by Gasteiger charge is 2.32. The van der Waals surface area contributed by atoms with Crippen molar-refractivity contribution < 1.29 is 8.83 Å². The van der Waals surface area contributed by atoms with Crippen LogP contribution in [0.1, 0.15) is 17.7 Å². The second-order valence-corrected chi connectivity index (χ2v) is 31.0. The Morgan fingerprint density at radius 1 is 0.219 bits per heavy atom. The van der Waals surface area contributed by atoms with Crippen molar-refractivity contribution in [3.63, 3.8) is 0 Å². The molecule has 0 amide bonds. The van der Waals surface area contributed by atoms with Crippen molar-refractivity contribution in [2.24, 2.45) is 0 Å². The molecule has 0 radical (unpaired) electrons. The molecule has 22 aromatic carbocycles. The first kappa shape index (κ1) is 63.0. The summed E-state index contributed by atoms with van der Waals surface area (Å²) in [5.74, 6) is 0.942. The minimum absolute atomic E-state index is 0.805. The van der Waals surface area contributed by atoms with Crippen molar-refractivity contribution in [2.75, 3.05) is 9.80 Å². The number of anilines is 6. The van der Waals surface area contributed by atoms with Crippen LogP contribution in [0.25, 0.3) is 213 Å². The molecule has 0 unspecified atom stereocenters. The summed E-state index contributed by atoms with van der Waals surface area (Å²) in [6.07, 6.45) is 6.32. The maximum Gasteiger partial charge on any atom is 0.159 e. The van der Waals surface area contributed by atoms with Gasteiger partial charge >= 0.3 is 0 Å². The van der Waals surface area contributed by atoms with E-state index in [-0.39, 0.29) is 0 Å². The van der Waals surface area contributed by atoms with Gasteiger partial charge in [-0.05, 0) is 238 Å². The maximum absolute atomic E-state index is 7.50. The third kappa shape index (κ3) is 9.05. The highest BCUT2D eigenvalue weighted by atomic mass is 16.3. The largest absolute Gasteiger partial charge is 0.454 e. The molecule has 0 aliphatic heterocycles. The standard InChI is InChI=1S/C110H66N2O2/c1-5-25-65(26-6-1)74-36-15-18-44-92(74)111(96-46-23-42-81-78-39-17-20-48-98(78)113-109(81)96)94-58-51-70-50-55-84-95(59-52-71-49-54-83(94)101(70)102(71)84)112(93-45-19-16-37-75(93)66-27-7-2-8-28-66)97-47-24-43-82-88-61-73(53-60-99(88)114-110(82)97)77-56-57-85-106-91(62-72-33-13-14-38-76(72)105(77)106)108-104(69-31-11-4-12-32-69)90-64-87-80-41-22-35-67-34-21-40-79(100(67)80)86(87)63-89(90)103(107(85)108)68-29-9-3-10-30-68/h1-16,18-38,40-64H,17,39H2. The summed E-state index contributed by atoms with van der Waals surface area (Å²) in [5.41, 5.74) is 21.6. The van der Waals surface area contributed by atoms with Crippen LogP contribution in [-0.2, 0) is 6.42 Å². The lowest BCUT2D eigenvalue weighted by Gasteiger charge is -2.31. The van der Waals surface area contributed by atoms with E-state index >= 15 is 0 Å². The van der Waals surface area contributed by atoms with E-state index in [1.54, 1.807) is 0 Å². The van der Waals surface area contributed by atoms with Crippen molar-refractivity contribution in [3.8, 4) is 55.6 Å². The van der Waals surface area contributed by atoms with Crippen LogP contribution in [0.3, 0.4) is 0 Å². The SMILES string of the molecule is C1=Cc2oc3c(N(c4ccccc4-c4ccccc4)c4ccc5ccc6c(N(c7ccccc7-c7ccccc7)c7cccc8c7oc7ccc(-c9ccc%10c%11c(-c%12ccccc%12)c%12cc%13c(cc%12c(-c%12ccccc%12)c%11c%11cc%12ccccc%12c9c%10%11)c9cccc%10cccc%13c%109)cc78)ccc7ccc4c5c76)cccc3c2CC1. The quantitative estimate of drug-likeness (QED) is 0.121. The van der Waals surface area contributed by atoms with Crippen LogP contribution in [0.15, 0.2) is 379 Å². The fourth-order valence-electron chi connectivity index (χ4n) is 20.3. The van der Waals surface area contributed by atoms with E-state index in [2.05, 4.69) is 386 Å². The maximum atomic E-state index is 7.50. The number of allylic oxidation sites excluding steroid dienone is 1. The second-order valence-electron chi connectivity index (χ2n) is 31.0. The summed E-state index contributed by atoms with van der Waals surface area (Å²) in [5, 5.41) is 30.5. The van der Waals surface area contributed by atoms with E-state index in [1.165, 1.54) is 130 Å². The van der Waals surface area contributed by atoms with Gasteiger partial charge in [-0.3, -0.25) is 0 Å². The van der Waals surface area contributed by atoms with Gasteiger partial charge in [0.25, 0.3) is 0 Å². The van der Waals surface area contributed by atoms with Gasteiger partial charge < -0.3 is 18.6 Å². The van der Waals surface area contributed by atoms with Crippen molar-refractivity contribution in [3.05, 3.63) is 381 Å². The molecular formula is C110H66N2O2. The predicted octanol–water partition coefficient (Wildman–Crippen LogP) is 31.6. The lowest BCUT2D eigenvalue weighted by Crippen LogP contribution is -2.13. The molecule has 24 aromatic rings. The zero-order valence-electron chi connectivity index (χ0n) is 61.9. The Morgan fingerprint density at radius 3 is 1.31 bits per heavy atom. The molecule has 4 nitrogen and oxygen atoms in total. The van der Waals surface area contributed by atoms with E-state index < -0.39 is 0 Å². The molecule has 1 aliphatic carbocycles. The van der Waals surface area contributed by atoms with Crippen LogP contribution >= 0.6 is 0 Å². The van der Waals surface area contributed by atoms with Gasteiger partial charge in [0.1, 0.15) is 11.3 Å². The summed E-state index contributed by atoms with van der Waals surface area (Å²) in [4.78, 5) is 4.95. The topological polar surface area (TPSA) is 32.8 Å². The number of rotatable bonds is 11. The van der Waals surface area contributed by atoms with Crippen LogP contribution in [0.5, 0.6) is 0 Å². The summed E-state index contributed by atoms with van der Waals surface area (Å²) >= 11 is 0. The molecule has 528 valence electrons. The number of benzene rings is 20. The molecule has 0 bridgehead atoms. The van der Waals surface area contributed by atoms with Crippen molar-refractivity contribution in [2.45, 2.75) is 12.8 Å². The van der Waals surface area contributed by atoms with Crippen molar-refractivity contribution >= 4 is 192 Å². The third-order valence-electron chi connectivity index (χ3n) is 25.1. The molecule has 2 heterocycles. The molecule has 0 fully saturated rings. The molecule has 0 atom stereocenters. The summed E-state index contributed by atoms with van der Waals surface area (Å²) in [7, 11) is 0. The Kier molecular flexibility index (Phi) is 13.4. The number of hydrogen-bond acceptors (Lipinski definition) is 4. The van der Waals surface area contributed by atoms with E-state index in [9.17, 15) is 0 Å². The second kappa shape index (κ2) is 24.3. The first-order valence-corrected chi connectivity index (χ1v) is 39.7. The van der Waals surface area contributed by atoms with Crippen molar-refractivity contribution in [1.29, 1.82) is 0 Å². The number of nitrogens with zero attached hydrogens (tertiary/aromatic N) is 2. The first-order valence-electron chi connectivity index (χ1n) is 39.7. The Bertz CT molecular complexity index is 8150. The Balaban J connectivity index is 0.711. The Morgan fingerprint density at radius 2 is 0.693 bits per heavy atom. The smallest absolute Gasteiger partial charge is 0.159 e. The van der Waals surface area contributed by atoms with Gasteiger partial charge in [-0.25, -0.2) is 0 Å². The van der Waals surface area contributed by atoms with Crippen LogP contribution in [0.2, 0.25) is 0 Å². The van der Waals surface area contributed by atoms with E-state index in [4.69, 9.17) is 8.83 Å². The predicted molar refractivity (Wildman–Crippen MR) is 484 cm³/mol. The molecule has 114 heavy (non-hydrogen) atoms. The van der Waals surface area contributed by atoms with Gasteiger partial charge in [0.15, 0.2) is 11.2 Å². The molecular weight excluding hydrogens is 1380 g/mol. The molecule has 2 aromatic heterocycles. The van der Waals surface area contributed by atoms with Crippen LogP contribution < -0.4 is 9.80 Å². The van der Waals surface area contributed by atoms with Crippen LogP contribution in [0, 0.1) is 0 Å². The number of fused-ring (bicyclic) bond motifs is 15. The first-order chi connectivity index (χ1) is 56.6. The average Bonchev–Trinajstić information content (AvgIpc) is 1.49. The lowest BCUT2D eigenvalue weighted by molar-refractivity contribution is 0.596. The molecule has 0 saturated carbocycles. The van der Waals surface area contributed by atoms with Gasteiger partial charge in [-0.15, -0.1) is 0 Å². The minimum atomic E-state index is 0.805. The molecule has 0 N–H and O–H groups in total. The van der Waals surface area contributed by atoms with Gasteiger partial charge in [0.2, 0.25) is 0 Å². The summed E-state index contributed by atoms with van der Waals surface area (Å²) in [6, 6.07) is 136. The van der Waals surface area contributed by atoms with E-state index in [0.717, 1.165) is 135 Å². The summed E-state index contributed by atoms with van der Waals surface area (Å²) in [6.45, 7) is 0. The molecule has 1 aliphatic rings.